The molecule has 0 saturated carbocycles. The Morgan fingerprint density at radius 3 is 2.38 bits per heavy atom. The number of rotatable bonds is 8. The molecule has 0 aliphatic heterocycles. The van der Waals surface area contributed by atoms with Crippen LogP contribution in [-0.4, -0.2) is 38.1 Å². The quantitative estimate of drug-likeness (QED) is 0.216. The maximum atomic E-state index is 14.3. The fourth-order valence-corrected chi connectivity index (χ4v) is 5.45. The molecule has 9 nitrogen and oxygen atoms in total. The van der Waals surface area contributed by atoms with Gasteiger partial charge in [-0.05, 0) is 66.6 Å². The first-order valence-electron chi connectivity index (χ1n) is 12.6. The number of benzene rings is 3. The number of nitrogens with zero attached hydrogens (tertiary/aromatic N) is 2. The number of fused-ring (bicyclic) bond motifs is 1. The summed E-state index contributed by atoms with van der Waals surface area (Å²) >= 11 is 0. The molecule has 0 fully saturated rings. The predicted octanol–water partition coefficient (Wildman–Crippen LogP) is 5.81. The van der Waals surface area contributed by atoms with Crippen LogP contribution in [0.25, 0.3) is 33.2 Å². The number of halogens is 2. The van der Waals surface area contributed by atoms with Crippen molar-refractivity contribution in [2.75, 3.05) is 24.2 Å². The summed E-state index contributed by atoms with van der Waals surface area (Å²) in [4.78, 5) is 20.0. The van der Waals surface area contributed by atoms with E-state index in [0.717, 1.165) is 23.1 Å². The van der Waals surface area contributed by atoms with E-state index in [2.05, 4.69) is 14.7 Å². The highest BCUT2D eigenvalue weighted by atomic mass is 32.2. The second-order valence-corrected chi connectivity index (χ2v) is 10.7. The maximum absolute atomic E-state index is 14.3. The van der Waals surface area contributed by atoms with E-state index < -0.39 is 32.5 Å². The summed E-state index contributed by atoms with van der Waals surface area (Å²) in [6, 6.07) is 17.7. The number of esters is 1. The lowest BCUT2D eigenvalue weighted by atomic mass is 10.00. The summed E-state index contributed by atoms with van der Waals surface area (Å²) in [5.41, 5.74) is 9.83. The van der Waals surface area contributed by atoms with Crippen LogP contribution in [0, 0.1) is 11.6 Å². The number of carbonyl (C=O) groups excluding carboxylic acids is 1. The Balaban J connectivity index is 1.51. The van der Waals surface area contributed by atoms with Gasteiger partial charge in [0, 0.05) is 28.8 Å². The molecule has 5 rings (SSSR count). The molecule has 0 spiro atoms. The number of nitrogen functional groups attached to an aromatic ring is 1. The Hall–Kier alpha value is -5.10. The minimum absolute atomic E-state index is 0.0448. The second kappa shape index (κ2) is 11.4. The number of nitrogens with two attached hydrogens (primary N) is 1. The zero-order valence-electron chi connectivity index (χ0n) is 22.4. The van der Waals surface area contributed by atoms with E-state index in [1.165, 1.54) is 19.4 Å². The fourth-order valence-electron chi connectivity index (χ4n) is 4.34. The summed E-state index contributed by atoms with van der Waals surface area (Å²) in [6.45, 7) is 2.01. The van der Waals surface area contributed by atoms with E-state index in [4.69, 9.17) is 15.2 Å². The molecule has 3 aromatic carbocycles. The van der Waals surface area contributed by atoms with Crippen LogP contribution in [-0.2, 0) is 14.8 Å². The summed E-state index contributed by atoms with van der Waals surface area (Å²) in [6.07, 6.45) is 1.50. The predicted molar refractivity (Wildman–Crippen MR) is 154 cm³/mol. The Morgan fingerprint density at radius 2 is 1.69 bits per heavy atom. The van der Waals surface area contributed by atoms with Crippen LogP contribution < -0.4 is 15.2 Å². The molecule has 0 aliphatic rings. The van der Waals surface area contributed by atoms with Crippen LogP contribution in [0.3, 0.4) is 0 Å². The molecule has 0 amide bonds. The van der Waals surface area contributed by atoms with E-state index in [-0.39, 0.29) is 18.2 Å². The third-order valence-corrected chi connectivity index (χ3v) is 7.76. The van der Waals surface area contributed by atoms with Gasteiger partial charge in [0.15, 0.2) is 0 Å². The summed E-state index contributed by atoms with van der Waals surface area (Å²) < 4.78 is 65.9. The third kappa shape index (κ3) is 5.70. The highest BCUT2D eigenvalue weighted by molar-refractivity contribution is 7.92. The van der Waals surface area contributed by atoms with Crippen LogP contribution in [0.4, 0.5) is 20.3 Å². The summed E-state index contributed by atoms with van der Waals surface area (Å²) in [5, 5.41) is 0.734. The molecule has 0 bridgehead atoms. The van der Waals surface area contributed by atoms with Crippen molar-refractivity contribution in [3.63, 3.8) is 0 Å². The number of hydrogen-bond acceptors (Lipinski definition) is 8. The van der Waals surface area contributed by atoms with Crippen molar-refractivity contribution >= 4 is 38.4 Å². The van der Waals surface area contributed by atoms with Crippen LogP contribution in [0.2, 0.25) is 0 Å². The van der Waals surface area contributed by atoms with E-state index in [1.54, 1.807) is 43.3 Å². The molecule has 0 unspecified atom stereocenters. The van der Waals surface area contributed by atoms with Gasteiger partial charge in [0.25, 0.3) is 10.0 Å². The monoisotopic (exact) mass is 590 g/mol. The molecule has 2 heterocycles. The summed E-state index contributed by atoms with van der Waals surface area (Å²) in [7, 11) is -3.13. The molecule has 2 aromatic heterocycles. The normalized spacial score (nSPS) is 11.3. The maximum Gasteiger partial charge on any atom is 0.338 e. The fraction of sp³-hybridized carbons (Fsp3) is 0.100. The number of pyridine rings is 2. The van der Waals surface area contributed by atoms with E-state index >= 15 is 0 Å². The molecule has 42 heavy (non-hydrogen) atoms. The number of anilines is 2. The molecular weight excluding hydrogens is 566 g/mol. The van der Waals surface area contributed by atoms with Crippen LogP contribution in [0.15, 0.2) is 83.9 Å². The number of methoxy groups -OCH3 is 1. The first-order valence-corrected chi connectivity index (χ1v) is 14.1. The molecule has 214 valence electrons. The third-order valence-electron chi connectivity index (χ3n) is 6.36. The number of hydrogen-bond donors (Lipinski definition) is 2. The molecule has 0 atom stereocenters. The van der Waals surface area contributed by atoms with Gasteiger partial charge in [-0.1, -0.05) is 18.2 Å². The number of carbonyl (C=O) groups is 1. The van der Waals surface area contributed by atoms with Crippen molar-refractivity contribution < 1.29 is 31.5 Å². The molecule has 0 saturated heterocycles. The SMILES string of the molecule is CCOC(=O)c1ccc(-c2cc3cc(-c4cnc(OC)c(NS(=O)(=O)c5ccc(F)cc5F)c4)ccc3nc2N)cc1. The Labute approximate surface area is 240 Å². The number of nitrogens with one attached hydrogen (secondary N) is 1. The van der Waals surface area contributed by atoms with E-state index in [1.807, 2.05) is 12.1 Å². The van der Waals surface area contributed by atoms with Crippen molar-refractivity contribution in [2.45, 2.75) is 11.8 Å². The van der Waals surface area contributed by atoms with Gasteiger partial charge in [-0.3, -0.25) is 4.72 Å². The molecule has 5 aromatic rings. The van der Waals surface area contributed by atoms with Crippen molar-refractivity contribution in [1.29, 1.82) is 0 Å². The molecule has 0 radical (unpaired) electrons. The van der Waals surface area contributed by atoms with E-state index in [0.29, 0.717) is 39.7 Å². The van der Waals surface area contributed by atoms with Gasteiger partial charge < -0.3 is 15.2 Å². The van der Waals surface area contributed by atoms with Crippen molar-refractivity contribution in [2.24, 2.45) is 0 Å². The van der Waals surface area contributed by atoms with Gasteiger partial charge in [-0.15, -0.1) is 0 Å². The van der Waals surface area contributed by atoms with Crippen LogP contribution in [0.1, 0.15) is 17.3 Å². The Kier molecular flexibility index (Phi) is 7.72. The van der Waals surface area contributed by atoms with Crippen LogP contribution in [0.5, 0.6) is 5.88 Å². The lowest BCUT2D eigenvalue weighted by molar-refractivity contribution is 0.0526. The average molecular weight is 591 g/mol. The first kappa shape index (κ1) is 28.4. The molecular formula is C30H24F2N4O5S. The van der Waals surface area contributed by atoms with Crippen molar-refractivity contribution in [1.82, 2.24) is 9.97 Å². The highest BCUT2D eigenvalue weighted by Crippen LogP contribution is 2.34. The van der Waals surface area contributed by atoms with E-state index in [9.17, 15) is 22.0 Å². The van der Waals surface area contributed by atoms with Gasteiger partial charge >= 0.3 is 5.97 Å². The van der Waals surface area contributed by atoms with Crippen LogP contribution >= 0.6 is 0 Å². The van der Waals surface area contributed by atoms with Gasteiger partial charge in [-0.25, -0.2) is 32.0 Å². The van der Waals surface area contributed by atoms with Gasteiger partial charge in [0.1, 0.15) is 28.0 Å². The summed E-state index contributed by atoms with van der Waals surface area (Å²) in [5.74, 6) is -2.31. The topological polar surface area (TPSA) is 134 Å². The largest absolute Gasteiger partial charge is 0.480 e. The zero-order chi connectivity index (χ0) is 30.0. The Morgan fingerprint density at radius 1 is 0.952 bits per heavy atom. The van der Waals surface area contributed by atoms with Gasteiger partial charge in [0.05, 0.1) is 24.8 Å². The number of ether oxygens (including phenoxy) is 2. The minimum Gasteiger partial charge on any atom is -0.480 e. The van der Waals surface area contributed by atoms with Crippen molar-refractivity contribution in [3.8, 4) is 28.1 Å². The minimum atomic E-state index is -4.44. The number of sulfonamides is 1. The van der Waals surface area contributed by atoms with Gasteiger partial charge in [0.2, 0.25) is 5.88 Å². The zero-order valence-corrected chi connectivity index (χ0v) is 23.2. The lowest BCUT2D eigenvalue weighted by Gasteiger charge is -2.14. The molecule has 0 aliphatic carbocycles. The van der Waals surface area contributed by atoms with Gasteiger partial charge in [-0.2, -0.15) is 0 Å². The smallest absolute Gasteiger partial charge is 0.338 e. The number of aromatic nitrogens is 2. The molecule has 12 heteroatoms. The Bertz CT molecular complexity index is 1930. The molecule has 3 N–H and O–H groups in total. The second-order valence-electron chi connectivity index (χ2n) is 9.09. The first-order chi connectivity index (χ1) is 20.1. The van der Waals surface area contributed by atoms with Crippen molar-refractivity contribution in [3.05, 3.63) is 96.2 Å². The standard InChI is InChI=1S/C30H24F2N4O5S/c1-3-41-30(37)18-6-4-17(5-7-18)23-13-20-12-19(8-10-25(20)35-28(23)33)21-14-26(29(40-2)34-16-21)36-42(38,39)27-11-9-22(31)15-24(27)32/h4-16,36H,3H2,1-2H3,(H2,33,35). The highest BCUT2D eigenvalue weighted by Gasteiger charge is 2.22. The lowest BCUT2D eigenvalue weighted by Crippen LogP contribution is -2.15. The average Bonchev–Trinajstić information content (AvgIpc) is 2.96.